The molecule has 3 nitrogen and oxygen atoms in total. The van der Waals surface area contributed by atoms with E-state index in [-0.39, 0.29) is 5.91 Å². The van der Waals surface area contributed by atoms with Gasteiger partial charge >= 0.3 is 0 Å². The average Bonchev–Trinajstić information content (AvgIpc) is 2.04. The minimum Gasteiger partial charge on any atom is -0.351 e. The van der Waals surface area contributed by atoms with Crippen molar-refractivity contribution in [3.05, 3.63) is 29.1 Å². The summed E-state index contributed by atoms with van der Waals surface area (Å²) in [6, 6.07) is 1.96. The predicted octanol–water partition coefficient (Wildman–Crippen LogP) is 1.45. The highest BCUT2D eigenvalue weighted by Crippen LogP contribution is 2.06. The Bertz CT molecular complexity index is 321. The van der Waals surface area contributed by atoms with E-state index in [2.05, 4.69) is 10.3 Å². The summed E-state index contributed by atoms with van der Waals surface area (Å²) < 4.78 is 0. The van der Waals surface area contributed by atoms with Crippen LogP contribution in [0.3, 0.4) is 0 Å². The standard InChI is InChI=1S/C10H14N2O/c1-4-11-10(13)9-8(3)5-7(2)6-12-9/h5-6H,4H2,1-3H3,(H,11,13). The van der Waals surface area contributed by atoms with Crippen molar-refractivity contribution in [3.8, 4) is 0 Å². The lowest BCUT2D eigenvalue weighted by Gasteiger charge is -2.04. The van der Waals surface area contributed by atoms with Crippen molar-refractivity contribution >= 4 is 5.91 Å². The van der Waals surface area contributed by atoms with Gasteiger partial charge in [-0.15, -0.1) is 0 Å². The van der Waals surface area contributed by atoms with Gasteiger partial charge in [0.1, 0.15) is 5.69 Å². The zero-order valence-electron chi connectivity index (χ0n) is 8.22. The van der Waals surface area contributed by atoms with Crippen LogP contribution in [0.15, 0.2) is 12.3 Å². The lowest BCUT2D eigenvalue weighted by molar-refractivity contribution is 0.0950. The fraction of sp³-hybridized carbons (Fsp3) is 0.400. The van der Waals surface area contributed by atoms with Gasteiger partial charge in [-0.1, -0.05) is 6.07 Å². The molecule has 0 aliphatic heterocycles. The van der Waals surface area contributed by atoms with Crippen molar-refractivity contribution in [1.82, 2.24) is 10.3 Å². The van der Waals surface area contributed by atoms with Gasteiger partial charge in [0.25, 0.3) is 5.91 Å². The molecule has 0 saturated carbocycles. The summed E-state index contributed by atoms with van der Waals surface area (Å²) in [7, 11) is 0. The van der Waals surface area contributed by atoms with Gasteiger partial charge < -0.3 is 5.32 Å². The van der Waals surface area contributed by atoms with Gasteiger partial charge in [-0.05, 0) is 31.9 Å². The van der Waals surface area contributed by atoms with Crippen LogP contribution in [0, 0.1) is 13.8 Å². The lowest BCUT2D eigenvalue weighted by Crippen LogP contribution is -2.24. The summed E-state index contributed by atoms with van der Waals surface area (Å²) in [5.74, 6) is -0.0972. The number of carbonyl (C=O) groups is 1. The van der Waals surface area contributed by atoms with Crippen LogP contribution in [0.5, 0.6) is 0 Å². The maximum atomic E-state index is 11.4. The third-order valence-corrected chi connectivity index (χ3v) is 1.77. The molecule has 1 rings (SSSR count). The first-order valence-electron chi connectivity index (χ1n) is 4.36. The first kappa shape index (κ1) is 9.71. The van der Waals surface area contributed by atoms with Gasteiger partial charge in [0, 0.05) is 12.7 Å². The highest BCUT2D eigenvalue weighted by atomic mass is 16.1. The first-order chi connectivity index (χ1) is 6.15. The Balaban J connectivity index is 2.95. The maximum absolute atomic E-state index is 11.4. The molecule has 0 spiro atoms. The normalized spacial score (nSPS) is 9.77. The summed E-state index contributed by atoms with van der Waals surface area (Å²) in [5, 5.41) is 2.72. The van der Waals surface area contributed by atoms with Crippen LogP contribution in [0.25, 0.3) is 0 Å². The third-order valence-electron chi connectivity index (χ3n) is 1.77. The van der Waals surface area contributed by atoms with E-state index in [0.29, 0.717) is 12.2 Å². The van der Waals surface area contributed by atoms with Gasteiger partial charge in [-0.2, -0.15) is 0 Å². The maximum Gasteiger partial charge on any atom is 0.270 e. The fourth-order valence-electron chi connectivity index (χ4n) is 1.20. The van der Waals surface area contributed by atoms with Crippen molar-refractivity contribution in [2.45, 2.75) is 20.8 Å². The molecule has 0 atom stereocenters. The molecule has 1 N–H and O–H groups in total. The summed E-state index contributed by atoms with van der Waals surface area (Å²) in [5.41, 5.74) is 2.52. The summed E-state index contributed by atoms with van der Waals surface area (Å²) in [6.07, 6.45) is 1.71. The Morgan fingerprint density at radius 2 is 2.23 bits per heavy atom. The number of rotatable bonds is 2. The van der Waals surface area contributed by atoms with E-state index in [9.17, 15) is 4.79 Å². The molecule has 1 amide bonds. The molecule has 0 radical (unpaired) electrons. The minimum absolute atomic E-state index is 0.0972. The molecule has 70 valence electrons. The van der Waals surface area contributed by atoms with Crippen LogP contribution in [-0.2, 0) is 0 Å². The number of pyridine rings is 1. The Labute approximate surface area is 78.2 Å². The Kier molecular flexibility index (Phi) is 3.01. The lowest BCUT2D eigenvalue weighted by atomic mass is 10.1. The first-order valence-corrected chi connectivity index (χ1v) is 4.36. The van der Waals surface area contributed by atoms with Crippen molar-refractivity contribution in [3.63, 3.8) is 0 Å². The van der Waals surface area contributed by atoms with E-state index < -0.39 is 0 Å². The smallest absolute Gasteiger partial charge is 0.270 e. The Morgan fingerprint density at radius 1 is 1.54 bits per heavy atom. The molecule has 0 bridgehead atoms. The number of amides is 1. The summed E-state index contributed by atoms with van der Waals surface area (Å²) in [6.45, 7) is 6.38. The number of nitrogens with zero attached hydrogens (tertiary/aromatic N) is 1. The number of aromatic nitrogens is 1. The largest absolute Gasteiger partial charge is 0.351 e. The second-order valence-electron chi connectivity index (χ2n) is 3.04. The van der Waals surface area contributed by atoms with Crippen LogP contribution in [0.1, 0.15) is 28.5 Å². The van der Waals surface area contributed by atoms with Crippen molar-refractivity contribution in [2.24, 2.45) is 0 Å². The van der Waals surface area contributed by atoms with Crippen molar-refractivity contribution in [2.75, 3.05) is 6.54 Å². The minimum atomic E-state index is -0.0972. The summed E-state index contributed by atoms with van der Waals surface area (Å²) >= 11 is 0. The number of hydrogen-bond acceptors (Lipinski definition) is 2. The Morgan fingerprint density at radius 3 is 2.77 bits per heavy atom. The predicted molar refractivity (Wildman–Crippen MR) is 51.7 cm³/mol. The van der Waals surface area contributed by atoms with Crippen molar-refractivity contribution < 1.29 is 4.79 Å². The topological polar surface area (TPSA) is 42.0 Å². The fourth-order valence-corrected chi connectivity index (χ4v) is 1.20. The van der Waals surface area contributed by atoms with Crippen LogP contribution in [0.2, 0.25) is 0 Å². The van der Waals surface area contributed by atoms with Crippen LogP contribution in [-0.4, -0.2) is 17.4 Å². The number of carbonyl (C=O) groups excluding carboxylic acids is 1. The molecule has 1 aromatic rings. The molecule has 1 aromatic heterocycles. The molecule has 0 fully saturated rings. The SMILES string of the molecule is CCNC(=O)c1ncc(C)cc1C. The Hall–Kier alpha value is -1.38. The molecular formula is C10H14N2O. The van der Waals surface area contributed by atoms with E-state index >= 15 is 0 Å². The molecule has 1 heterocycles. The molecule has 0 saturated heterocycles. The van der Waals surface area contributed by atoms with Gasteiger partial charge in [0.05, 0.1) is 0 Å². The van der Waals surface area contributed by atoms with Crippen LogP contribution >= 0.6 is 0 Å². The molecule has 0 unspecified atom stereocenters. The molecular weight excluding hydrogens is 164 g/mol. The van der Waals surface area contributed by atoms with Gasteiger partial charge in [-0.3, -0.25) is 9.78 Å². The molecule has 0 aliphatic carbocycles. The van der Waals surface area contributed by atoms with Gasteiger partial charge in [0.15, 0.2) is 0 Å². The van der Waals surface area contributed by atoms with Gasteiger partial charge in [0.2, 0.25) is 0 Å². The number of nitrogens with one attached hydrogen (secondary N) is 1. The second-order valence-corrected chi connectivity index (χ2v) is 3.04. The van der Waals surface area contributed by atoms with Crippen LogP contribution in [0.4, 0.5) is 0 Å². The van der Waals surface area contributed by atoms with Crippen molar-refractivity contribution in [1.29, 1.82) is 0 Å². The van der Waals surface area contributed by atoms with Crippen LogP contribution < -0.4 is 5.32 Å². The quantitative estimate of drug-likeness (QED) is 0.744. The molecule has 13 heavy (non-hydrogen) atoms. The van der Waals surface area contributed by atoms with Gasteiger partial charge in [-0.25, -0.2) is 0 Å². The highest BCUT2D eigenvalue weighted by Gasteiger charge is 2.08. The molecule has 0 aromatic carbocycles. The van der Waals surface area contributed by atoms with E-state index in [1.807, 2.05) is 26.8 Å². The average molecular weight is 178 g/mol. The zero-order chi connectivity index (χ0) is 9.84. The number of hydrogen-bond donors (Lipinski definition) is 1. The zero-order valence-corrected chi connectivity index (χ0v) is 8.22. The third kappa shape index (κ3) is 2.28. The van der Waals surface area contributed by atoms with E-state index in [0.717, 1.165) is 11.1 Å². The summed E-state index contributed by atoms with van der Waals surface area (Å²) in [4.78, 5) is 15.5. The van der Waals surface area contributed by atoms with E-state index in [4.69, 9.17) is 0 Å². The van der Waals surface area contributed by atoms with E-state index in [1.54, 1.807) is 6.20 Å². The monoisotopic (exact) mass is 178 g/mol. The van der Waals surface area contributed by atoms with E-state index in [1.165, 1.54) is 0 Å². The molecule has 0 aliphatic rings. The number of aryl methyl sites for hydroxylation is 2. The molecule has 3 heteroatoms. The second kappa shape index (κ2) is 4.03. The highest BCUT2D eigenvalue weighted by molar-refractivity contribution is 5.93.